The summed E-state index contributed by atoms with van der Waals surface area (Å²) in [6.07, 6.45) is -0.449. The average Bonchev–Trinajstić information content (AvgIpc) is 2.38. The molecular weight excluding hydrogens is 246 g/mol. The molecule has 0 saturated carbocycles. The van der Waals surface area contributed by atoms with Gasteiger partial charge in [-0.15, -0.1) is 0 Å². The van der Waals surface area contributed by atoms with E-state index in [2.05, 4.69) is 71.1 Å². The van der Waals surface area contributed by atoms with Gasteiger partial charge in [0.1, 0.15) is 0 Å². The normalized spacial score (nSPS) is 15.1. The van der Waals surface area contributed by atoms with Crippen molar-refractivity contribution in [3.8, 4) is 0 Å². The zero-order valence-corrected chi connectivity index (χ0v) is 13.9. The zero-order chi connectivity index (χ0) is 15.3. The molecule has 1 rings (SSSR count). The van der Waals surface area contributed by atoms with Crippen LogP contribution in [0, 0.1) is 11.8 Å². The van der Waals surface area contributed by atoms with Crippen molar-refractivity contribution in [2.24, 2.45) is 11.8 Å². The number of nitrogens with one attached hydrogen (secondary N) is 1. The van der Waals surface area contributed by atoms with Gasteiger partial charge in [0.25, 0.3) is 0 Å². The molecule has 0 bridgehead atoms. The van der Waals surface area contributed by atoms with Gasteiger partial charge < -0.3 is 10.4 Å². The van der Waals surface area contributed by atoms with Gasteiger partial charge in [-0.05, 0) is 35.4 Å². The predicted octanol–water partition coefficient (Wildman–Crippen LogP) is 4.11. The van der Waals surface area contributed by atoms with Gasteiger partial charge in [-0.25, -0.2) is 0 Å². The number of benzene rings is 1. The van der Waals surface area contributed by atoms with Crippen molar-refractivity contribution in [3.05, 3.63) is 35.4 Å². The molecule has 0 aliphatic heterocycles. The summed E-state index contributed by atoms with van der Waals surface area (Å²) in [4.78, 5) is 0. The van der Waals surface area contributed by atoms with Gasteiger partial charge in [0, 0.05) is 6.04 Å². The molecule has 1 aromatic rings. The van der Waals surface area contributed by atoms with E-state index in [1.165, 1.54) is 5.56 Å². The Hall–Kier alpha value is -0.860. The Morgan fingerprint density at radius 1 is 0.900 bits per heavy atom. The van der Waals surface area contributed by atoms with Gasteiger partial charge in [0.15, 0.2) is 0 Å². The van der Waals surface area contributed by atoms with E-state index in [9.17, 15) is 5.11 Å². The van der Waals surface area contributed by atoms with Crippen LogP contribution in [0.15, 0.2) is 24.3 Å². The molecule has 2 nitrogen and oxygen atoms in total. The van der Waals surface area contributed by atoms with Crippen LogP contribution in [0.25, 0.3) is 0 Å². The molecule has 2 heteroatoms. The van der Waals surface area contributed by atoms with Gasteiger partial charge >= 0.3 is 0 Å². The molecule has 0 aromatic heterocycles. The summed E-state index contributed by atoms with van der Waals surface area (Å²) in [6.45, 7) is 14.0. The molecule has 0 aliphatic carbocycles. The monoisotopic (exact) mass is 277 g/mol. The van der Waals surface area contributed by atoms with Crippen LogP contribution in [0.3, 0.4) is 0 Å². The van der Waals surface area contributed by atoms with Crippen LogP contribution in [0.1, 0.15) is 64.7 Å². The third-order valence-corrected chi connectivity index (χ3v) is 3.76. The molecule has 0 aliphatic rings. The maximum Gasteiger partial charge on any atom is 0.0945 e. The maximum absolute atomic E-state index is 10.6. The SMILES string of the molecule is CC(C)CNC(C(C)C)C(O)c1ccc(C(C)C)cc1. The second kappa shape index (κ2) is 7.80. The van der Waals surface area contributed by atoms with Crippen molar-refractivity contribution in [1.82, 2.24) is 5.32 Å². The summed E-state index contributed by atoms with van der Waals surface area (Å²) in [5.74, 6) is 1.52. The summed E-state index contributed by atoms with van der Waals surface area (Å²) in [5, 5.41) is 14.1. The van der Waals surface area contributed by atoms with Crippen LogP contribution < -0.4 is 5.32 Å². The minimum Gasteiger partial charge on any atom is -0.387 e. The Morgan fingerprint density at radius 2 is 1.40 bits per heavy atom. The van der Waals surface area contributed by atoms with E-state index >= 15 is 0 Å². The summed E-state index contributed by atoms with van der Waals surface area (Å²) in [6, 6.07) is 8.48. The number of rotatable bonds is 7. The van der Waals surface area contributed by atoms with Crippen LogP contribution in [-0.4, -0.2) is 17.7 Å². The molecule has 2 atom stereocenters. The first-order valence-electron chi connectivity index (χ1n) is 7.84. The van der Waals surface area contributed by atoms with Crippen molar-refractivity contribution in [3.63, 3.8) is 0 Å². The van der Waals surface area contributed by atoms with Gasteiger partial charge in [-0.3, -0.25) is 0 Å². The Morgan fingerprint density at radius 3 is 1.80 bits per heavy atom. The van der Waals surface area contributed by atoms with Gasteiger partial charge in [0.05, 0.1) is 6.10 Å². The highest BCUT2D eigenvalue weighted by Gasteiger charge is 2.23. The van der Waals surface area contributed by atoms with Crippen LogP contribution in [0.2, 0.25) is 0 Å². The molecule has 0 saturated heterocycles. The maximum atomic E-state index is 10.6. The fourth-order valence-electron chi connectivity index (χ4n) is 2.37. The second-order valence-electron chi connectivity index (χ2n) is 6.84. The van der Waals surface area contributed by atoms with Crippen LogP contribution in [-0.2, 0) is 0 Å². The van der Waals surface area contributed by atoms with Crippen molar-refractivity contribution >= 4 is 0 Å². The largest absolute Gasteiger partial charge is 0.387 e. The number of hydrogen-bond donors (Lipinski definition) is 2. The van der Waals surface area contributed by atoms with Gasteiger partial charge in [-0.2, -0.15) is 0 Å². The van der Waals surface area contributed by atoms with Crippen molar-refractivity contribution in [2.75, 3.05) is 6.54 Å². The summed E-state index contributed by atoms with van der Waals surface area (Å²) in [7, 11) is 0. The first kappa shape index (κ1) is 17.2. The molecule has 114 valence electrons. The van der Waals surface area contributed by atoms with E-state index in [4.69, 9.17) is 0 Å². The number of hydrogen-bond acceptors (Lipinski definition) is 2. The molecule has 1 aromatic carbocycles. The van der Waals surface area contributed by atoms with Crippen molar-refractivity contribution in [1.29, 1.82) is 0 Å². The lowest BCUT2D eigenvalue weighted by Crippen LogP contribution is -2.41. The number of aliphatic hydroxyl groups is 1. The molecule has 2 unspecified atom stereocenters. The minimum absolute atomic E-state index is 0.0994. The quantitative estimate of drug-likeness (QED) is 0.786. The lowest BCUT2D eigenvalue weighted by molar-refractivity contribution is 0.103. The van der Waals surface area contributed by atoms with Crippen LogP contribution >= 0.6 is 0 Å². The molecule has 20 heavy (non-hydrogen) atoms. The molecule has 0 radical (unpaired) electrons. The van der Waals surface area contributed by atoms with Crippen LogP contribution in [0.5, 0.6) is 0 Å². The first-order valence-corrected chi connectivity index (χ1v) is 7.84. The van der Waals surface area contributed by atoms with E-state index in [1.54, 1.807) is 0 Å². The molecule has 0 spiro atoms. The average molecular weight is 277 g/mol. The third-order valence-electron chi connectivity index (χ3n) is 3.76. The Balaban J connectivity index is 2.80. The fourth-order valence-corrected chi connectivity index (χ4v) is 2.37. The fraction of sp³-hybridized carbons (Fsp3) is 0.667. The Bertz CT molecular complexity index is 381. The lowest BCUT2D eigenvalue weighted by Gasteiger charge is -2.29. The highest BCUT2D eigenvalue weighted by molar-refractivity contribution is 5.27. The van der Waals surface area contributed by atoms with E-state index in [1.807, 2.05) is 0 Å². The van der Waals surface area contributed by atoms with Gasteiger partial charge in [0.2, 0.25) is 0 Å². The van der Waals surface area contributed by atoms with Gasteiger partial charge in [-0.1, -0.05) is 65.8 Å². The standard InChI is InChI=1S/C18H31NO/c1-12(2)11-19-17(14(5)6)18(20)16-9-7-15(8-10-16)13(3)4/h7-10,12-14,17-20H,11H2,1-6H3. The van der Waals surface area contributed by atoms with Crippen molar-refractivity contribution in [2.45, 2.75) is 59.6 Å². The Kier molecular flexibility index (Phi) is 6.70. The van der Waals surface area contributed by atoms with E-state index in [0.717, 1.165) is 12.1 Å². The van der Waals surface area contributed by atoms with E-state index in [0.29, 0.717) is 17.8 Å². The zero-order valence-electron chi connectivity index (χ0n) is 13.9. The number of aliphatic hydroxyl groups excluding tert-OH is 1. The second-order valence-corrected chi connectivity index (χ2v) is 6.84. The van der Waals surface area contributed by atoms with Crippen molar-refractivity contribution < 1.29 is 5.11 Å². The first-order chi connectivity index (χ1) is 9.32. The lowest BCUT2D eigenvalue weighted by atomic mass is 9.91. The summed E-state index contributed by atoms with van der Waals surface area (Å²) < 4.78 is 0. The highest BCUT2D eigenvalue weighted by Crippen LogP contribution is 2.24. The van der Waals surface area contributed by atoms with E-state index < -0.39 is 6.10 Å². The minimum atomic E-state index is -0.449. The summed E-state index contributed by atoms with van der Waals surface area (Å²) >= 11 is 0. The Labute approximate surface area is 124 Å². The third kappa shape index (κ3) is 4.92. The topological polar surface area (TPSA) is 32.3 Å². The highest BCUT2D eigenvalue weighted by atomic mass is 16.3. The molecule has 0 heterocycles. The molecule has 0 fully saturated rings. The molecule has 0 amide bonds. The molecular formula is C18H31NO. The molecule has 2 N–H and O–H groups in total. The smallest absolute Gasteiger partial charge is 0.0945 e. The van der Waals surface area contributed by atoms with Crippen LogP contribution in [0.4, 0.5) is 0 Å². The summed E-state index contributed by atoms with van der Waals surface area (Å²) in [5.41, 5.74) is 2.32. The van der Waals surface area contributed by atoms with E-state index in [-0.39, 0.29) is 6.04 Å². The predicted molar refractivity (Wildman–Crippen MR) is 87.0 cm³/mol.